The number of hydrogen-bond donors (Lipinski definition) is 1. The highest BCUT2D eigenvalue weighted by Gasteiger charge is 2.29. The van der Waals surface area contributed by atoms with Crippen LogP contribution in [0.25, 0.3) is 0 Å². The second kappa shape index (κ2) is 4.85. The van der Waals surface area contributed by atoms with E-state index >= 15 is 0 Å². The molecule has 1 aliphatic heterocycles. The van der Waals surface area contributed by atoms with Gasteiger partial charge in [-0.1, -0.05) is 0 Å². The summed E-state index contributed by atoms with van der Waals surface area (Å²) in [6.45, 7) is 1.91. The molecule has 0 bridgehead atoms. The number of rotatable bonds is 3. The lowest BCUT2D eigenvalue weighted by Crippen LogP contribution is -2.22. The van der Waals surface area contributed by atoms with Crippen LogP contribution in [0.4, 0.5) is 10.1 Å². The molecule has 1 aromatic rings. The van der Waals surface area contributed by atoms with Gasteiger partial charge in [0.1, 0.15) is 5.82 Å². The van der Waals surface area contributed by atoms with Crippen LogP contribution in [0.2, 0.25) is 0 Å². The Kier molecular flexibility index (Phi) is 3.59. The minimum absolute atomic E-state index is 0.0717. The van der Waals surface area contributed by atoms with Crippen molar-refractivity contribution < 1.29 is 17.5 Å². The summed E-state index contributed by atoms with van der Waals surface area (Å²) in [5, 5.41) is 0. The molecule has 1 saturated heterocycles. The first-order chi connectivity index (χ1) is 8.38. The zero-order valence-electron chi connectivity index (χ0n) is 10.1. The van der Waals surface area contributed by atoms with Gasteiger partial charge in [-0.05, 0) is 38.0 Å². The first-order valence-corrected chi connectivity index (χ1v) is 7.47. The molecule has 0 amide bonds. The monoisotopic (exact) mass is 273 g/mol. The van der Waals surface area contributed by atoms with Crippen molar-refractivity contribution in [1.82, 2.24) is 0 Å². The smallest absolute Gasteiger partial charge is 0.183 e. The Bertz CT molecular complexity index is 544. The van der Waals surface area contributed by atoms with Gasteiger partial charge in [0.25, 0.3) is 0 Å². The Hall–Kier alpha value is -1.14. The zero-order chi connectivity index (χ0) is 13.3. The van der Waals surface area contributed by atoms with Gasteiger partial charge in [-0.2, -0.15) is 0 Å². The number of nitrogens with two attached hydrogens (primary N) is 1. The molecule has 1 aromatic carbocycles. The number of nitrogen functional groups attached to an aromatic ring is 1. The fourth-order valence-electron chi connectivity index (χ4n) is 2.12. The largest absolute Gasteiger partial charge is 0.398 e. The van der Waals surface area contributed by atoms with Crippen molar-refractivity contribution in [2.75, 3.05) is 11.5 Å². The normalized spacial score (nSPS) is 24.3. The predicted molar refractivity (Wildman–Crippen MR) is 66.4 cm³/mol. The summed E-state index contributed by atoms with van der Waals surface area (Å²) in [6, 6.07) is 3.37. The van der Waals surface area contributed by atoms with E-state index in [9.17, 15) is 12.8 Å². The molecule has 2 unspecified atom stereocenters. The van der Waals surface area contributed by atoms with E-state index in [1.165, 1.54) is 6.07 Å². The Morgan fingerprint density at radius 2 is 2.17 bits per heavy atom. The van der Waals surface area contributed by atoms with Gasteiger partial charge in [-0.3, -0.25) is 0 Å². The lowest BCUT2D eigenvalue weighted by molar-refractivity contribution is 0.0690. The maximum absolute atomic E-state index is 13.1. The molecule has 6 heteroatoms. The van der Waals surface area contributed by atoms with Gasteiger partial charge in [-0.25, -0.2) is 12.8 Å². The fourth-order valence-corrected chi connectivity index (χ4v) is 3.75. The highest BCUT2D eigenvalue weighted by atomic mass is 32.2. The summed E-state index contributed by atoms with van der Waals surface area (Å²) in [6.07, 6.45) is 1.30. The molecule has 1 aliphatic rings. The molecule has 0 spiro atoms. The summed E-state index contributed by atoms with van der Waals surface area (Å²) in [7, 11) is -3.61. The van der Waals surface area contributed by atoms with Crippen molar-refractivity contribution in [3.8, 4) is 0 Å². The maximum atomic E-state index is 13.1. The molecule has 2 rings (SSSR count). The summed E-state index contributed by atoms with van der Waals surface area (Å²) >= 11 is 0. The predicted octanol–water partition coefficient (Wildman–Crippen LogP) is 1.75. The van der Waals surface area contributed by atoms with E-state index in [0.29, 0.717) is 6.42 Å². The molecule has 1 fully saturated rings. The number of benzene rings is 1. The molecule has 0 aromatic heterocycles. The molecule has 1 heterocycles. The Morgan fingerprint density at radius 1 is 1.44 bits per heavy atom. The van der Waals surface area contributed by atoms with E-state index in [2.05, 4.69) is 0 Å². The van der Waals surface area contributed by atoms with Gasteiger partial charge >= 0.3 is 0 Å². The van der Waals surface area contributed by atoms with Gasteiger partial charge in [0.05, 0.1) is 28.5 Å². The number of sulfone groups is 1. The molecule has 100 valence electrons. The average Bonchev–Trinajstić information content (AvgIpc) is 2.66. The van der Waals surface area contributed by atoms with Gasteiger partial charge < -0.3 is 10.5 Å². The molecule has 4 nitrogen and oxygen atoms in total. The van der Waals surface area contributed by atoms with Crippen LogP contribution in [0.15, 0.2) is 23.1 Å². The first-order valence-electron chi connectivity index (χ1n) is 5.82. The minimum atomic E-state index is -3.61. The number of hydrogen-bond acceptors (Lipinski definition) is 4. The molecule has 18 heavy (non-hydrogen) atoms. The third kappa shape index (κ3) is 2.81. The van der Waals surface area contributed by atoms with Gasteiger partial charge in [0, 0.05) is 0 Å². The number of halogens is 1. The van der Waals surface area contributed by atoms with Crippen LogP contribution in [0, 0.1) is 5.82 Å². The Balaban J connectivity index is 2.23. The number of anilines is 1. The molecule has 2 atom stereocenters. The lowest BCUT2D eigenvalue weighted by atomic mass is 10.2. The van der Waals surface area contributed by atoms with E-state index in [4.69, 9.17) is 10.5 Å². The maximum Gasteiger partial charge on any atom is 0.183 e. The van der Waals surface area contributed by atoms with Crippen LogP contribution in [-0.4, -0.2) is 26.4 Å². The topological polar surface area (TPSA) is 69.4 Å². The van der Waals surface area contributed by atoms with E-state index in [1.54, 1.807) is 0 Å². The van der Waals surface area contributed by atoms with Crippen molar-refractivity contribution in [2.24, 2.45) is 0 Å². The van der Waals surface area contributed by atoms with E-state index in [1.807, 2.05) is 6.92 Å². The third-order valence-electron chi connectivity index (χ3n) is 3.04. The van der Waals surface area contributed by atoms with E-state index < -0.39 is 15.7 Å². The molecule has 0 radical (unpaired) electrons. The second-order valence-corrected chi connectivity index (χ2v) is 6.61. The van der Waals surface area contributed by atoms with Gasteiger partial charge in [0.15, 0.2) is 9.84 Å². The Morgan fingerprint density at radius 3 is 2.78 bits per heavy atom. The number of ether oxygens (including phenoxy) is 1. The van der Waals surface area contributed by atoms with Crippen LogP contribution in [0.5, 0.6) is 0 Å². The first kappa shape index (κ1) is 13.3. The van der Waals surface area contributed by atoms with Crippen molar-refractivity contribution in [3.63, 3.8) is 0 Å². The highest BCUT2D eigenvalue weighted by molar-refractivity contribution is 7.91. The zero-order valence-corrected chi connectivity index (χ0v) is 10.9. The van der Waals surface area contributed by atoms with Crippen LogP contribution >= 0.6 is 0 Å². The van der Waals surface area contributed by atoms with Crippen LogP contribution in [-0.2, 0) is 14.6 Å². The van der Waals surface area contributed by atoms with E-state index in [-0.39, 0.29) is 28.5 Å². The SMILES string of the molecule is CC1CCC(CS(=O)(=O)c2cc(F)ccc2N)O1. The second-order valence-electron chi connectivity index (χ2n) is 4.61. The minimum Gasteiger partial charge on any atom is -0.398 e. The third-order valence-corrected chi connectivity index (χ3v) is 4.87. The van der Waals surface area contributed by atoms with Gasteiger partial charge in [0.2, 0.25) is 0 Å². The van der Waals surface area contributed by atoms with E-state index in [0.717, 1.165) is 18.6 Å². The summed E-state index contributed by atoms with van der Waals surface area (Å²) in [4.78, 5) is -0.148. The van der Waals surface area contributed by atoms with Crippen molar-refractivity contribution in [1.29, 1.82) is 0 Å². The van der Waals surface area contributed by atoms with Crippen molar-refractivity contribution in [3.05, 3.63) is 24.0 Å². The summed E-state index contributed by atoms with van der Waals surface area (Å²) in [5.74, 6) is -0.756. The van der Waals surface area contributed by atoms with Crippen molar-refractivity contribution >= 4 is 15.5 Å². The quantitative estimate of drug-likeness (QED) is 0.852. The van der Waals surface area contributed by atoms with Gasteiger partial charge in [-0.15, -0.1) is 0 Å². The van der Waals surface area contributed by atoms with Crippen LogP contribution in [0.1, 0.15) is 19.8 Å². The molecule has 0 saturated carbocycles. The standard InChI is InChI=1S/C12H16FNO3S/c1-8-2-4-10(17-8)7-18(15,16)12-6-9(13)3-5-11(12)14/h3,5-6,8,10H,2,4,7,14H2,1H3. The summed E-state index contributed by atoms with van der Waals surface area (Å²) < 4.78 is 42.9. The fraction of sp³-hybridized carbons (Fsp3) is 0.500. The molecular formula is C12H16FNO3S. The lowest BCUT2D eigenvalue weighted by Gasteiger charge is -2.13. The van der Waals surface area contributed by atoms with Crippen LogP contribution in [0.3, 0.4) is 0 Å². The summed E-state index contributed by atoms with van der Waals surface area (Å²) in [5.41, 5.74) is 5.66. The van der Waals surface area contributed by atoms with Crippen molar-refractivity contribution in [2.45, 2.75) is 36.9 Å². The average molecular weight is 273 g/mol. The van der Waals surface area contributed by atoms with Crippen LogP contribution < -0.4 is 5.73 Å². The highest BCUT2D eigenvalue weighted by Crippen LogP contribution is 2.26. The molecule has 0 aliphatic carbocycles. The Labute approximate surface area is 106 Å². The molecular weight excluding hydrogens is 257 g/mol. The molecule has 2 N–H and O–H groups in total.